The van der Waals surface area contributed by atoms with Crippen LogP contribution in [0.4, 0.5) is 11.4 Å². The summed E-state index contributed by atoms with van der Waals surface area (Å²) in [6.45, 7) is 1.88. The smallest absolute Gasteiger partial charge is 0.291 e. The largest absolute Gasteiger partial charge is 0.494 e. The second-order valence-corrected chi connectivity index (χ2v) is 8.62. The summed E-state index contributed by atoms with van der Waals surface area (Å²) in [5.41, 5.74) is 2.26. The molecule has 0 atom stereocenters. The minimum atomic E-state index is -3.76. The van der Waals surface area contributed by atoms with E-state index in [1.807, 2.05) is 25.1 Å². The summed E-state index contributed by atoms with van der Waals surface area (Å²) < 4.78 is 38.7. The summed E-state index contributed by atoms with van der Waals surface area (Å²) in [4.78, 5) is 12.8. The number of carbonyl (C=O) groups excluding carboxylic acids is 1. The minimum Gasteiger partial charge on any atom is -0.494 e. The monoisotopic (exact) mass is 436 g/mol. The van der Waals surface area contributed by atoms with Crippen molar-refractivity contribution in [2.45, 2.75) is 11.8 Å². The van der Waals surface area contributed by atoms with Crippen molar-refractivity contribution in [3.63, 3.8) is 0 Å². The second kappa shape index (κ2) is 8.16. The van der Waals surface area contributed by atoms with Crippen molar-refractivity contribution in [1.29, 1.82) is 0 Å². The van der Waals surface area contributed by atoms with Crippen LogP contribution in [0.2, 0.25) is 0 Å². The van der Waals surface area contributed by atoms with Crippen LogP contribution in [0.25, 0.3) is 11.0 Å². The molecule has 158 valence electrons. The molecule has 2 N–H and O–H groups in total. The van der Waals surface area contributed by atoms with Gasteiger partial charge in [0.05, 0.1) is 23.4 Å². The summed E-state index contributed by atoms with van der Waals surface area (Å²) >= 11 is 0. The Balaban J connectivity index is 1.55. The molecule has 0 bridgehead atoms. The molecule has 0 spiro atoms. The Morgan fingerprint density at radius 2 is 1.71 bits per heavy atom. The van der Waals surface area contributed by atoms with E-state index < -0.39 is 15.9 Å². The number of amides is 1. The second-order valence-electron chi connectivity index (χ2n) is 6.94. The number of methoxy groups -OCH3 is 1. The molecule has 0 saturated heterocycles. The standard InChI is InChI=1S/C23H20N2O5S/c1-15-7-10-18(11-8-15)31(27,28)25-17-9-12-19(21(14-17)29-2)24-23(26)22-13-16-5-3-4-6-20(16)30-22/h3-14,25H,1-2H3,(H,24,26). The van der Waals surface area contributed by atoms with Crippen LogP contribution in [0.3, 0.4) is 0 Å². The molecular weight excluding hydrogens is 416 g/mol. The summed E-state index contributed by atoms with van der Waals surface area (Å²) in [5, 5.41) is 3.55. The number of hydrogen-bond acceptors (Lipinski definition) is 5. The maximum Gasteiger partial charge on any atom is 0.291 e. The first kappa shape index (κ1) is 20.5. The van der Waals surface area contributed by atoms with Gasteiger partial charge in [-0.25, -0.2) is 8.42 Å². The highest BCUT2D eigenvalue weighted by atomic mass is 32.2. The minimum absolute atomic E-state index is 0.152. The van der Waals surface area contributed by atoms with E-state index in [0.717, 1.165) is 10.9 Å². The van der Waals surface area contributed by atoms with Gasteiger partial charge in [-0.3, -0.25) is 9.52 Å². The molecule has 0 aliphatic heterocycles. The first-order chi connectivity index (χ1) is 14.9. The first-order valence-electron chi connectivity index (χ1n) is 9.43. The van der Waals surface area contributed by atoms with Crippen LogP contribution in [-0.2, 0) is 10.0 Å². The van der Waals surface area contributed by atoms with Crippen molar-refractivity contribution in [3.8, 4) is 5.75 Å². The lowest BCUT2D eigenvalue weighted by Gasteiger charge is -2.13. The fourth-order valence-corrected chi connectivity index (χ4v) is 4.12. The number of sulfonamides is 1. The molecule has 7 nitrogen and oxygen atoms in total. The Morgan fingerprint density at radius 3 is 2.42 bits per heavy atom. The average molecular weight is 436 g/mol. The van der Waals surface area contributed by atoms with Gasteiger partial charge in [0.2, 0.25) is 0 Å². The van der Waals surface area contributed by atoms with Crippen LogP contribution in [0.1, 0.15) is 16.1 Å². The molecule has 0 saturated carbocycles. The normalized spacial score (nSPS) is 11.3. The van der Waals surface area contributed by atoms with Gasteiger partial charge in [-0.1, -0.05) is 35.9 Å². The van der Waals surface area contributed by atoms with Crippen LogP contribution >= 0.6 is 0 Å². The third-order valence-corrected chi connectivity index (χ3v) is 6.08. The van der Waals surface area contributed by atoms with Crippen LogP contribution < -0.4 is 14.8 Å². The predicted molar refractivity (Wildman–Crippen MR) is 119 cm³/mol. The van der Waals surface area contributed by atoms with Crippen LogP contribution in [-0.4, -0.2) is 21.4 Å². The number of aryl methyl sites for hydroxylation is 1. The molecule has 1 heterocycles. The van der Waals surface area contributed by atoms with E-state index in [1.165, 1.54) is 25.3 Å². The van der Waals surface area contributed by atoms with Crippen LogP contribution in [0.15, 0.2) is 82.1 Å². The van der Waals surface area contributed by atoms with Crippen molar-refractivity contribution < 1.29 is 22.4 Å². The van der Waals surface area contributed by atoms with Gasteiger partial charge in [-0.2, -0.15) is 0 Å². The Labute approximate surface area is 179 Å². The SMILES string of the molecule is COc1cc(NS(=O)(=O)c2ccc(C)cc2)ccc1NC(=O)c1cc2ccccc2o1. The molecular formula is C23H20N2O5S. The number of anilines is 2. The van der Waals surface area contributed by atoms with E-state index in [4.69, 9.17) is 9.15 Å². The number of rotatable bonds is 6. The average Bonchev–Trinajstić information content (AvgIpc) is 3.19. The first-order valence-corrected chi connectivity index (χ1v) is 10.9. The molecule has 0 radical (unpaired) electrons. The van der Waals surface area contributed by atoms with Crippen molar-refractivity contribution in [1.82, 2.24) is 0 Å². The zero-order valence-electron chi connectivity index (χ0n) is 16.9. The van der Waals surface area contributed by atoms with Crippen molar-refractivity contribution in [2.75, 3.05) is 17.1 Å². The number of fused-ring (bicyclic) bond motifs is 1. The Morgan fingerprint density at radius 1 is 0.968 bits per heavy atom. The highest BCUT2D eigenvalue weighted by Crippen LogP contribution is 2.30. The molecule has 4 aromatic rings. The highest BCUT2D eigenvalue weighted by molar-refractivity contribution is 7.92. The van der Waals surface area contributed by atoms with E-state index in [0.29, 0.717) is 22.7 Å². The van der Waals surface area contributed by atoms with E-state index in [1.54, 1.807) is 36.4 Å². The predicted octanol–water partition coefficient (Wildman–Crippen LogP) is 4.80. The van der Waals surface area contributed by atoms with Gasteiger partial charge in [0.1, 0.15) is 11.3 Å². The topological polar surface area (TPSA) is 97.6 Å². The molecule has 0 aliphatic rings. The quantitative estimate of drug-likeness (QED) is 0.452. The van der Waals surface area contributed by atoms with Gasteiger partial charge in [-0.05, 0) is 43.3 Å². The third kappa shape index (κ3) is 4.39. The maximum atomic E-state index is 12.6. The van der Waals surface area contributed by atoms with E-state index in [-0.39, 0.29) is 10.7 Å². The number of nitrogens with one attached hydrogen (secondary N) is 2. The molecule has 4 rings (SSSR count). The number of carbonyl (C=O) groups is 1. The van der Waals surface area contributed by atoms with E-state index >= 15 is 0 Å². The van der Waals surface area contributed by atoms with Gasteiger partial charge in [0.25, 0.3) is 15.9 Å². The van der Waals surface area contributed by atoms with E-state index in [2.05, 4.69) is 10.0 Å². The fraction of sp³-hybridized carbons (Fsp3) is 0.0870. The molecule has 8 heteroatoms. The third-order valence-electron chi connectivity index (χ3n) is 4.68. The van der Waals surface area contributed by atoms with Gasteiger partial charge < -0.3 is 14.5 Å². The zero-order valence-corrected chi connectivity index (χ0v) is 17.7. The highest BCUT2D eigenvalue weighted by Gasteiger charge is 2.17. The Kier molecular flexibility index (Phi) is 5.39. The van der Waals surface area contributed by atoms with Crippen molar-refractivity contribution >= 4 is 38.3 Å². The summed E-state index contributed by atoms with van der Waals surface area (Å²) in [6, 6.07) is 20.1. The van der Waals surface area contributed by atoms with Crippen LogP contribution in [0.5, 0.6) is 5.75 Å². The van der Waals surface area contributed by atoms with Gasteiger partial charge in [0, 0.05) is 11.5 Å². The number of benzene rings is 3. The lowest BCUT2D eigenvalue weighted by Crippen LogP contribution is -2.14. The van der Waals surface area contributed by atoms with Gasteiger partial charge in [0.15, 0.2) is 5.76 Å². The molecule has 0 fully saturated rings. The molecule has 3 aromatic carbocycles. The van der Waals surface area contributed by atoms with Gasteiger partial charge >= 0.3 is 0 Å². The van der Waals surface area contributed by atoms with Crippen LogP contribution in [0, 0.1) is 6.92 Å². The van der Waals surface area contributed by atoms with Crippen molar-refractivity contribution in [3.05, 3.63) is 84.1 Å². The Bertz CT molecular complexity index is 1330. The van der Waals surface area contributed by atoms with Gasteiger partial charge in [-0.15, -0.1) is 0 Å². The summed E-state index contributed by atoms with van der Waals surface area (Å²) in [6.07, 6.45) is 0. The summed E-state index contributed by atoms with van der Waals surface area (Å²) in [5.74, 6) is 0.0171. The number of hydrogen-bond donors (Lipinski definition) is 2. The zero-order chi connectivity index (χ0) is 22.0. The number of furan rings is 1. The van der Waals surface area contributed by atoms with E-state index in [9.17, 15) is 13.2 Å². The fourth-order valence-electron chi connectivity index (χ4n) is 3.07. The molecule has 0 aliphatic carbocycles. The lowest BCUT2D eigenvalue weighted by atomic mass is 10.2. The summed E-state index contributed by atoms with van der Waals surface area (Å²) in [7, 11) is -2.32. The maximum absolute atomic E-state index is 12.6. The van der Waals surface area contributed by atoms with Crippen molar-refractivity contribution in [2.24, 2.45) is 0 Å². The number of ether oxygens (including phenoxy) is 1. The molecule has 1 amide bonds. The molecule has 31 heavy (non-hydrogen) atoms. The molecule has 1 aromatic heterocycles. The lowest BCUT2D eigenvalue weighted by molar-refractivity contribution is 0.0998. The Hall–Kier alpha value is -3.78. The molecule has 0 unspecified atom stereocenters. The number of para-hydroxylation sites is 1.